The molecule has 1 aromatic heterocycles. The molecule has 1 N–H and O–H groups in total. The van der Waals surface area contributed by atoms with Crippen LogP contribution in [0.1, 0.15) is 36.8 Å². The quantitative estimate of drug-likeness (QED) is 0.862. The second kappa shape index (κ2) is 6.13. The Morgan fingerprint density at radius 2 is 1.95 bits per heavy atom. The van der Waals surface area contributed by atoms with Gasteiger partial charge in [0.15, 0.2) is 0 Å². The molecule has 0 aliphatic heterocycles. The van der Waals surface area contributed by atoms with Gasteiger partial charge in [-0.15, -0.1) is 0 Å². The fraction of sp³-hybridized carbons (Fsp3) is 0.294. The Balaban J connectivity index is 2.25. The van der Waals surface area contributed by atoms with Gasteiger partial charge in [0.05, 0.1) is 5.56 Å². The zero-order valence-electron chi connectivity index (χ0n) is 13.1. The third-order valence-corrected chi connectivity index (χ3v) is 2.69. The van der Waals surface area contributed by atoms with Crippen molar-refractivity contribution in [2.24, 2.45) is 0 Å². The minimum Gasteiger partial charge on any atom is -0.456 e. The number of rotatable bonds is 3. The highest BCUT2D eigenvalue weighted by Crippen LogP contribution is 2.19. The van der Waals surface area contributed by atoms with E-state index >= 15 is 0 Å². The second-order valence-electron chi connectivity index (χ2n) is 6.02. The number of aromatic nitrogens is 1. The van der Waals surface area contributed by atoms with Gasteiger partial charge in [0.2, 0.25) is 0 Å². The molecule has 2 aromatic rings. The van der Waals surface area contributed by atoms with E-state index in [9.17, 15) is 9.18 Å². The van der Waals surface area contributed by atoms with Crippen LogP contribution in [0.25, 0.3) is 0 Å². The number of esters is 1. The van der Waals surface area contributed by atoms with Crippen molar-refractivity contribution in [3.05, 3.63) is 53.5 Å². The van der Waals surface area contributed by atoms with E-state index in [2.05, 4.69) is 10.3 Å². The molecule has 0 atom stereocenters. The molecule has 0 aliphatic rings. The second-order valence-corrected chi connectivity index (χ2v) is 6.02. The van der Waals surface area contributed by atoms with E-state index in [-0.39, 0.29) is 5.82 Å². The monoisotopic (exact) mass is 302 g/mol. The number of hydrogen-bond donors (Lipinski definition) is 1. The molecule has 1 heterocycles. The number of carbonyl (C=O) groups is 1. The van der Waals surface area contributed by atoms with E-state index < -0.39 is 11.6 Å². The molecule has 22 heavy (non-hydrogen) atoms. The zero-order valence-corrected chi connectivity index (χ0v) is 13.1. The number of hydrogen-bond acceptors (Lipinski definition) is 4. The van der Waals surface area contributed by atoms with Gasteiger partial charge in [-0.3, -0.25) is 0 Å². The average Bonchev–Trinajstić information content (AvgIpc) is 2.36. The highest BCUT2D eigenvalue weighted by molar-refractivity contribution is 5.90. The molecule has 0 spiro atoms. The van der Waals surface area contributed by atoms with Crippen molar-refractivity contribution >= 4 is 17.5 Å². The molecule has 5 heteroatoms. The van der Waals surface area contributed by atoms with Gasteiger partial charge in [0, 0.05) is 11.4 Å². The molecule has 0 radical (unpaired) electrons. The Hall–Kier alpha value is -2.43. The number of ether oxygens (including phenoxy) is 1. The Labute approximate surface area is 129 Å². The molecule has 0 aliphatic carbocycles. The van der Waals surface area contributed by atoms with Crippen molar-refractivity contribution in [1.29, 1.82) is 0 Å². The van der Waals surface area contributed by atoms with Crippen molar-refractivity contribution in [3.63, 3.8) is 0 Å². The normalized spacial score (nSPS) is 11.1. The zero-order chi connectivity index (χ0) is 16.3. The van der Waals surface area contributed by atoms with Crippen molar-refractivity contribution in [2.45, 2.75) is 33.3 Å². The number of nitrogens with zero attached hydrogens (tertiary/aromatic N) is 1. The lowest BCUT2D eigenvalue weighted by Gasteiger charge is -2.19. The largest absolute Gasteiger partial charge is 0.456 e. The van der Waals surface area contributed by atoms with E-state index in [0.29, 0.717) is 22.8 Å². The van der Waals surface area contributed by atoms with Crippen LogP contribution in [0.2, 0.25) is 0 Å². The first kappa shape index (κ1) is 15.9. The predicted octanol–water partition coefficient (Wildman–Crippen LogP) is 4.23. The van der Waals surface area contributed by atoms with Crippen LogP contribution >= 0.6 is 0 Å². The van der Waals surface area contributed by atoms with E-state index in [1.165, 1.54) is 12.1 Å². The molecule has 0 fully saturated rings. The summed E-state index contributed by atoms with van der Waals surface area (Å²) in [6.45, 7) is 7.21. The molecule has 2 rings (SSSR count). The van der Waals surface area contributed by atoms with Gasteiger partial charge in [-0.2, -0.15) is 0 Å². The number of aryl methyl sites for hydroxylation is 1. The van der Waals surface area contributed by atoms with Crippen LogP contribution in [-0.2, 0) is 4.74 Å². The van der Waals surface area contributed by atoms with Crippen molar-refractivity contribution in [1.82, 2.24) is 4.98 Å². The highest BCUT2D eigenvalue weighted by Gasteiger charge is 2.18. The van der Waals surface area contributed by atoms with Crippen LogP contribution in [0.4, 0.5) is 15.9 Å². The topological polar surface area (TPSA) is 51.2 Å². The smallest absolute Gasteiger partial charge is 0.338 e. The molecule has 1 aromatic carbocycles. The number of anilines is 2. The van der Waals surface area contributed by atoms with Crippen molar-refractivity contribution in [2.75, 3.05) is 5.32 Å². The Morgan fingerprint density at radius 1 is 1.23 bits per heavy atom. The number of nitrogens with one attached hydrogen (secondary N) is 1. The number of benzene rings is 1. The molecule has 0 saturated carbocycles. The lowest BCUT2D eigenvalue weighted by Crippen LogP contribution is -2.24. The van der Waals surface area contributed by atoms with Crippen LogP contribution in [0, 0.1) is 12.7 Å². The Bertz CT molecular complexity index is 693. The molecule has 0 saturated heterocycles. The van der Waals surface area contributed by atoms with Crippen LogP contribution in [0.15, 0.2) is 36.4 Å². The first-order valence-corrected chi connectivity index (χ1v) is 6.97. The molecule has 4 nitrogen and oxygen atoms in total. The van der Waals surface area contributed by atoms with E-state index in [1.807, 2.05) is 20.8 Å². The first-order chi connectivity index (χ1) is 10.2. The third-order valence-electron chi connectivity index (χ3n) is 2.69. The molecular weight excluding hydrogens is 283 g/mol. The van der Waals surface area contributed by atoms with Crippen LogP contribution in [-0.4, -0.2) is 16.6 Å². The number of halogens is 1. The minimum atomic E-state index is -0.565. The first-order valence-electron chi connectivity index (χ1n) is 6.97. The van der Waals surface area contributed by atoms with Gasteiger partial charge >= 0.3 is 5.97 Å². The summed E-state index contributed by atoms with van der Waals surface area (Å²) in [5.41, 5.74) is 1.07. The number of carbonyl (C=O) groups excluding carboxylic acids is 1. The van der Waals surface area contributed by atoms with Gasteiger partial charge in [0.1, 0.15) is 17.2 Å². The lowest BCUT2D eigenvalue weighted by molar-refractivity contribution is 0.00693. The highest BCUT2D eigenvalue weighted by atomic mass is 19.1. The molecule has 116 valence electrons. The molecule has 0 unspecified atom stereocenters. The summed E-state index contributed by atoms with van der Waals surface area (Å²) in [4.78, 5) is 16.4. The van der Waals surface area contributed by atoms with E-state index in [1.54, 1.807) is 31.2 Å². The lowest BCUT2D eigenvalue weighted by atomic mass is 10.1. The summed E-state index contributed by atoms with van der Waals surface area (Å²) in [7, 11) is 0. The number of pyridine rings is 1. The average molecular weight is 302 g/mol. The van der Waals surface area contributed by atoms with Crippen LogP contribution < -0.4 is 5.32 Å². The summed E-state index contributed by atoms with van der Waals surface area (Å²) in [6, 6.07) is 9.29. The minimum absolute atomic E-state index is 0.343. The predicted molar refractivity (Wildman–Crippen MR) is 83.8 cm³/mol. The maximum atomic E-state index is 13.2. The standard InChI is InChI=1S/C17H19FN2O2/c1-11-8-12(16(21)22-17(2,3)4)9-15(19-11)20-14-7-5-6-13(18)10-14/h5-10H,1-4H3,(H,19,20). The molecular formula is C17H19FN2O2. The van der Waals surface area contributed by atoms with Crippen molar-refractivity contribution < 1.29 is 13.9 Å². The summed E-state index contributed by atoms with van der Waals surface area (Å²) in [5, 5.41) is 2.98. The van der Waals surface area contributed by atoms with Gasteiger partial charge in [-0.05, 0) is 58.0 Å². The molecule has 0 amide bonds. The van der Waals surface area contributed by atoms with Gasteiger partial charge in [-0.25, -0.2) is 14.2 Å². The summed E-state index contributed by atoms with van der Waals surface area (Å²) >= 11 is 0. The summed E-state index contributed by atoms with van der Waals surface area (Å²) < 4.78 is 18.6. The summed E-state index contributed by atoms with van der Waals surface area (Å²) in [6.07, 6.45) is 0. The van der Waals surface area contributed by atoms with Crippen LogP contribution in [0.3, 0.4) is 0 Å². The Morgan fingerprint density at radius 3 is 2.59 bits per heavy atom. The third kappa shape index (κ3) is 4.55. The van der Waals surface area contributed by atoms with Gasteiger partial charge in [0.25, 0.3) is 0 Å². The van der Waals surface area contributed by atoms with Gasteiger partial charge < -0.3 is 10.1 Å². The van der Waals surface area contributed by atoms with Gasteiger partial charge in [-0.1, -0.05) is 6.07 Å². The van der Waals surface area contributed by atoms with E-state index in [0.717, 1.165) is 0 Å². The fourth-order valence-electron chi connectivity index (χ4n) is 1.90. The van der Waals surface area contributed by atoms with E-state index in [4.69, 9.17) is 4.74 Å². The summed E-state index contributed by atoms with van der Waals surface area (Å²) in [5.74, 6) is -0.295. The maximum Gasteiger partial charge on any atom is 0.338 e. The fourth-order valence-corrected chi connectivity index (χ4v) is 1.90. The van der Waals surface area contributed by atoms with Crippen LogP contribution in [0.5, 0.6) is 0 Å². The molecule has 0 bridgehead atoms. The Kier molecular flexibility index (Phi) is 4.45. The van der Waals surface area contributed by atoms with Crippen molar-refractivity contribution in [3.8, 4) is 0 Å². The SMILES string of the molecule is Cc1cc(C(=O)OC(C)(C)C)cc(Nc2cccc(F)c2)n1. The maximum absolute atomic E-state index is 13.2.